The average Bonchev–Trinajstić information content (AvgIpc) is 2.34. The minimum Gasteiger partial charge on any atom is -0.490 e. The van der Waals surface area contributed by atoms with E-state index < -0.39 is 0 Å². The SMILES string of the molecule is CCC(C)C(=O)OCCOc1ccccc1. The number of esters is 1. The molecule has 0 N–H and O–H groups in total. The molecule has 0 saturated heterocycles. The Kier molecular flexibility index (Phi) is 5.40. The average molecular weight is 222 g/mol. The highest BCUT2D eigenvalue weighted by Crippen LogP contribution is 2.08. The minimum absolute atomic E-state index is 0.0308. The Bertz CT molecular complexity index is 308. The van der Waals surface area contributed by atoms with Gasteiger partial charge in [-0.2, -0.15) is 0 Å². The summed E-state index contributed by atoms with van der Waals surface area (Å²) in [4.78, 5) is 11.3. The van der Waals surface area contributed by atoms with Gasteiger partial charge in [-0.15, -0.1) is 0 Å². The van der Waals surface area contributed by atoms with Crippen LogP contribution in [0.15, 0.2) is 30.3 Å². The van der Waals surface area contributed by atoms with Gasteiger partial charge in [0.1, 0.15) is 19.0 Å². The maximum atomic E-state index is 11.3. The molecule has 1 aromatic rings. The molecule has 16 heavy (non-hydrogen) atoms. The molecule has 0 amide bonds. The van der Waals surface area contributed by atoms with Gasteiger partial charge in [-0.3, -0.25) is 4.79 Å². The summed E-state index contributed by atoms with van der Waals surface area (Å²) in [5, 5.41) is 0. The number of hydrogen-bond acceptors (Lipinski definition) is 3. The Morgan fingerprint density at radius 3 is 2.56 bits per heavy atom. The third-order valence-corrected chi connectivity index (χ3v) is 2.35. The lowest BCUT2D eigenvalue weighted by Gasteiger charge is -2.10. The van der Waals surface area contributed by atoms with Crippen molar-refractivity contribution < 1.29 is 14.3 Å². The van der Waals surface area contributed by atoms with Crippen LogP contribution in [0.2, 0.25) is 0 Å². The number of ether oxygens (including phenoxy) is 2. The van der Waals surface area contributed by atoms with E-state index in [1.54, 1.807) is 0 Å². The largest absolute Gasteiger partial charge is 0.490 e. The summed E-state index contributed by atoms with van der Waals surface area (Å²) in [5.41, 5.74) is 0. The van der Waals surface area contributed by atoms with Gasteiger partial charge in [0.2, 0.25) is 0 Å². The summed E-state index contributed by atoms with van der Waals surface area (Å²) in [7, 11) is 0. The molecule has 0 bridgehead atoms. The van der Waals surface area contributed by atoms with Crippen LogP contribution in [0.4, 0.5) is 0 Å². The second-order valence-corrected chi connectivity index (χ2v) is 3.64. The van der Waals surface area contributed by atoms with E-state index in [9.17, 15) is 4.79 Å². The summed E-state index contributed by atoms with van der Waals surface area (Å²) < 4.78 is 10.4. The van der Waals surface area contributed by atoms with Crippen molar-refractivity contribution in [2.24, 2.45) is 5.92 Å². The first-order valence-corrected chi connectivity index (χ1v) is 5.58. The summed E-state index contributed by atoms with van der Waals surface area (Å²) in [6.45, 7) is 4.52. The van der Waals surface area contributed by atoms with Crippen LogP contribution in [-0.2, 0) is 9.53 Å². The fourth-order valence-corrected chi connectivity index (χ4v) is 1.13. The molecule has 0 fully saturated rings. The standard InChI is InChI=1S/C13H18O3/c1-3-11(2)13(14)16-10-9-15-12-7-5-4-6-8-12/h4-8,11H,3,9-10H2,1-2H3. The molecule has 0 aliphatic carbocycles. The fourth-order valence-electron chi connectivity index (χ4n) is 1.13. The van der Waals surface area contributed by atoms with Crippen LogP contribution < -0.4 is 4.74 Å². The zero-order valence-electron chi connectivity index (χ0n) is 9.81. The van der Waals surface area contributed by atoms with Crippen molar-refractivity contribution >= 4 is 5.97 Å². The first-order chi connectivity index (χ1) is 7.74. The Hall–Kier alpha value is -1.51. The molecule has 3 nitrogen and oxygen atoms in total. The van der Waals surface area contributed by atoms with Gasteiger partial charge in [0.05, 0.1) is 5.92 Å². The molecule has 1 rings (SSSR count). The highest BCUT2D eigenvalue weighted by Gasteiger charge is 2.11. The van der Waals surface area contributed by atoms with E-state index in [-0.39, 0.29) is 11.9 Å². The molecule has 0 saturated carbocycles. The monoisotopic (exact) mass is 222 g/mol. The zero-order valence-corrected chi connectivity index (χ0v) is 9.81. The smallest absolute Gasteiger partial charge is 0.308 e. The maximum Gasteiger partial charge on any atom is 0.308 e. The topological polar surface area (TPSA) is 35.5 Å². The lowest BCUT2D eigenvalue weighted by molar-refractivity contribution is -0.148. The molecule has 88 valence electrons. The second kappa shape index (κ2) is 6.88. The molecule has 1 aromatic carbocycles. The highest BCUT2D eigenvalue weighted by molar-refractivity contribution is 5.71. The molecule has 0 aliphatic heterocycles. The van der Waals surface area contributed by atoms with Crippen molar-refractivity contribution in [3.63, 3.8) is 0 Å². The van der Waals surface area contributed by atoms with Crippen LogP contribution in [0.1, 0.15) is 20.3 Å². The Labute approximate surface area is 96.4 Å². The third-order valence-electron chi connectivity index (χ3n) is 2.35. The molecule has 0 aromatic heterocycles. The van der Waals surface area contributed by atoms with E-state index in [4.69, 9.17) is 9.47 Å². The summed E-state index contributed by atoms with van der Waals surface area (Å²) in [5.74, 6) is 0.609. The first kappa shape index (κ1) is 12.6. The molecular weight excluding hydrogens is 204 g/mol. The van der Waals surface area contributed by atoms with Gasteiger partial charge in [0.25, 0.3) is 0 Å². The Morgan fingerprint density at radius 2 is 1.94 bits per heavy atom. The third kappa shape index (κ3) is 4.34. The minimum atomic E-state index is -0.154. The summed E-state index contributed by atoms with van der Waals surface area (Å²) in [6.07, 6.45) is 0.804. The van der Waals surface area contributed by atoms with Crippen molar-refractivity contribution in [1.29, 1.82) is 0 Å². The predicted octanol–water partition coefficient (Wildman–Crippen LogP) is 2.65. The van der Waals surface area contributed by atoms with Crippen molar-refractivity contribution in [1.82, 2.24) is 0 Å². The van der Waals surface area contributed by atoms with Gasteiger partial charge in [-0.25, -0.2) is 0 Å². The number of carbonyl (C=O) groups excluding carboxylic acids is 1. The van der Waals surface area contributed by atoms with Crippen molar-refractivity contribution in [3.05, 3.63) is 30.3 Å². The number of rotatable bonds is 6. The molecule has 1 unspecified atom stereocenters. The van der Waals surface area contributed by atoms with Crippen molar-refractivity contribution in [2.45, 2.75) is 20.3 Å². The Morgan fingerprint density at radius 1 is 1.25 bits per heavy atom. The van der Waals surface area contributed by atoms with E-state index in [1.165, 1.54) is 0 Å². The number of carbonyl (C=O) groups is 1. The first-order valence-electron chi connectivity index (χ1n) is 5.58. The maximum absolute atomic E-state index is 11.3. The van der Waals surface area contributed by atoms with Crippen LogP contribution in [0.25, 0.3) is 0 Å². The van der Waals surface area contributed by atoms with E-state index >= 15 is 0 Å². The van der Waals surface area contributed by atoms with Gasteiger partial charge in [0.15, 0.2) is 0 Å². The van der Waals surface area contributed by atoms with E-state index in [2.05, 4.69) is 0 Å². The van der Waals surface area contributed by atoms with E-state index in [0.29, 0.717) is 13.2 Å². The quantitative estimate of drug-likeness (QED) is 0.548. The summed E-state index contributed by atoms with van der Waals surface area (Å²) in [6, 6.07) is 9.48. The van der Waals surface area contributed by atoms with Gasteiger partial charge in [-0.1, -0.05) is 32.0 Å². The van der Waals surface area contributed by atoms with Crippen molar-refractivity contribution in [2.75, 3.05) is 13.2 Å². The van der Waals surface area contributed by atoms with E-state index in [0.717, 1.165) is 12.2 Å². The van der Waals surface area contributed by atoms with Crippen LogP contribution in [0.3, 0.4) is 0 Å². The second-order valence-electron chi connectivity index (χ2n) is 3.64. The van der Waals surface area contributed by atoms with Gasteiger partial charge >= 0.3 is 5.97 Å². The normalized spacial score (nSPS) is 11.9. The molecule has 0 heterocycles. The number of para-hydroxylation sites is 1. The highest BCUT2D eigenvalue weighted by atomic mass is 16.6. The van der Waals surface area contributed by atoms with Crippen LogP contribution in [0, 0.1) is 5.92 Å². The number of benzene rings is 1. The van der Waals surface area contributed by atoms with Crippen LogP contribution >= 0.6 is 0 Å². The summed E-state index contributed by atoms with van der Waals surface area (Å²) >= 11 is 0. The Balaban J connectivity index is 2.15. The van der Waals surface area contributed by atoms with Gasteiger partial charge < -0.3 is 9.47 Å². The lowest BCUT2D eigenvalue weighted by atomic mass is 10.1. The number of hydrogen-bond donors (Lipinski definition) is 0. The van der Waals surface area contributed by atoms with Gasteiger partial charge in [-0.05, 0) is 18.6 Å². The van der Waals surface area contributed by atoms with Crippen LogP contribution in [-0.4, -0.2) is 19.2 Å². The molecule has 1 atom stereocenters. The lowest BCUT2D eigenvalue weighted by Crippen LogP contribution is -2.17. The van der Waals surface area contributed by atoms with Gasteiger partial charge in [0, 0.05) is 0 Å². The molecule has 0 spiro atoms. The predicted molar refractivity (Wildman–Crippen MR) is 62.4 cm³/mol. The zero-order chi connectivity index (χ0) is 11.8. The van der Waals surface area contributed by atoms with Crippen LogP contribution in [0.5, 0.6) is 5.75 Å². The fraction of sp³-hybridized carbons (Fsp3) is 0.462. The van der Waals surface area contributed by atoms with Crippen molar-refractivity contribution in [3.8, 4) is 5.75 Å². The van der Waals surface area contributed by atoms with E-state index in [1.807, 2.05) is 44.2 Å². The molecule has 0 aliphatic rings. The molecule has 0 radical (unpaired) electrons. The molecule has 3 heteroatoms. The molecular formula is C13H18O3.